The molecule has 1 aliphatic carbocycles. The molecule has 0 bridgehead atoms. The Morgan fingerprint density at radius 3 is 2.81 bits per heavy atom. The van der Waals surface area contributed by atoms with Crippen molar-refractivity contribution in [1.82, 2.24) is 9.62 Å². The molecule has 116 valence electrons. The Balaban J connectivity index is 1.70. The van der Waals surface area contributed by atoms with E-state index in [1.54, 1.807) is 4.90 Å². The number of carbonyl (C=O) groups excluding carboxylic acids is 1. The summed E-state index contributed by atoms with van der Waals surface area (Å²) in [4.78, 5) is 15.3. The van der Waals surface area contributed by atoms with E-state index in [1.807, 2.05) is 5.38 Å². The average molecular weight is 328 g/mol. The lowest BCUT2D eigenvalue weighted by Crippen LogP contribution is -2.49. The van der Waals surface area contributed by atoms with Gasteiger partial charge >= 0.3 is 0 Å². The molecule has 7 heteroatoms. The zero-order chi connectivity index (χ0) is 15.0. The second-order valence-electron chi connectivity index (χ2n) is 5.96. The first-order valence-electron chi connectivity index (χ1n) is 7.28. The predicted octanol–water partition coefficient (Wildman–Crippen LogP) is 1.78. The molecule has 1 aromatic heterocycles. The fourth-order valence-corrected chi connectivity index (χ4v) is 4.66. The molecule has 1 amide bonds. The molecule has 5 nitrogen and oxygen atoms in total. The first-order valence-corrected chi connectivity index (χ1v) is 10.0. The first kappa shape index (κ1) is 15.0. The summed E-state index contributed by atoms with van der Waals surface area (Å²) in [6.07, 6.45) is 5.14. The van der Waals surface area contributed by atoms with E-state index >= 15 is 0 Å². The van der Waals surface area contributed by atoms with Crippen molar-refractivity contribution in [3.05, 3.63) is 21.9 Å². The summed E-state index contributed by atoms with van der Waals surface area (Å²) in [5.41, 5.74) is 1.18. The lowest BCUT2D eigenvalue weighted by molar-refractivity contribution is 0.0707. The van der Waals surface area contributed by atoms with Gasteiger partial charge < -0.3 is 4.90 Å². The van der Waals surface area contributed by atoms with Gasteiger partial charge in [0.1, 0.15) is 0 Å². The summed E-state index contributed by atoms with van der Waals surface area (Å²) in [7, 11) is -3.22. The molecular weight excluding hydrogens is 308 g/mol. The molecular formula is C14H20N2O3S2. The molecule has 2 heterocycles. The SMILES string of the molecule is CS(=O)(=O)N[C@@H]1CCCN(C(=O)c2sccc2C2CC2)C1. The van der Waals surface area contributed by atoms with Crippen molar-refractivity contribution in [2.24, 2.45) is 0 Å². The maximum absolute atomic E-state index is 12.7. The lowest BCUT2D eigenvalue weighted by atomic mass is 10.1. The summed E-state index contributed by atoms with van der Waals surface area (Å²) >= 11 is 1.50. The van der Waals surface area contributed by atoms with Crippen molar-refractivity contribution in [2.45, 2.75) is 37.6 Å². The van der Waals surface area contributed by atoms with Crippen molar-refractivity contribution >= 4 is 27.3 Å². The normalized spacial score (nSPS) is 23.3. The predicted molar refractivity (Wildman–Crippen MR) is 83.2 cm³/mol. The van der Waals surface area contributed by atoms with Gasteiger partial charge in [0.15, 0.2) is 0 Å². The van der Waals surface area contributed by atoms with Gasteiger partial charge in [-0.05, 0) is 48.6 Å². The van der Waals surface area contributed by atoms with Crippen LogP contribution in [0.15, 0.2) is 11.4 Å². The zero-order valence-electron chi connectivity index (χ0n) is 12.0. The number of sulfonamides is 1. The molecule has 0 aromatic carbocycles. The van der Waals surface area contributed by atoms with Crippen molar-refractivity contribution < 1.29 is 13.2 Å². The van der Waals surface area contributed by atoms with Crippen LogP contribution in [0.5, 0.6) is 0 Å². The maximum atomic E-state index is 12.7. The molecule has 2 fully saturated rings. The Morgan fingerprint density at radius 2 is 2.14 bits per heavy atom. The maximum Gasteiger partial charge on any atom is 0.264 e. The number of nitrogens with one attached hydrogen (secondary N) is 1. The molecule has 0 unspecified atom stereocenters. The van der Waals surface area contributed by atoms with Crippen LogP contribution in [0.3, 0.4) is 0 Å². The van der Waals surface area contributed by atoms with E-state index in [4.69, 9.17) is 0 Å². The molecule has 0 radical (unpaired) electrons. The third-order valence-corrected chi connectivity index (χ3v) is 5.68. The second kappa shape index (κ2) is 5.70. The Morgan fingerprint density at radius 1 is 1.38 bits per heavy atom. The Labute approximate surface area is 129 Å². The molecule has 1 aliphatic heterocycles. The number of thiophene rings is 1. The Bertz CT molecular complexity index is 634. The van der Waals surface area contributed by atoms with E-state index in [1.165, 1.54) is 29.7 Å². The lowest BCUT2D eigenvalue weighted by Gasteiger charge is -2.32. The highest BCUT2D eigenvalue weighted by atomic mass is 32.2. The van der Waals surface area contributed by atoms with E-state index < -0.39 is 10.0 Å². The van der Waals surface area contributed by atoms with Crippen LogP contribution in [-0.4, -0.2) is 44.6 Å². The van der Waals surface area contributed by atoms with Crippen LogP contribution in [0.1, 0.15) is 46.8 Å². The molecule has 3 rings (SSSR count). The van der Waals surface area contributed by atoms with Crippen molar-refractivity contribution in [3.8, 4) is 0 Å². The van der Waals surface area contributed by atoms with Gasteiger partial charge in [0.25, 0.3) is 5.91 Å². The van der Waals surface area contributed by atoms with Gasteiger partial charge in [0, 0.05) is 19.1 Å². The zero-order valence-corrected chi connectivity index (χ0v) is 13.7. The number of rotatable bonds is 4. The van der Waals surface area contributed by atoms with Crippen LogP contribution in [0.25, 0.3) is 0 Å². The number of piperidine rings is 1. The number of hydrogen-bond acceptors (Lipinski definition) is 4. The van der Waals surface area contributed by atoms with Crippen molar-refractivity contribution in [3.63, 3.8) is 0 Å². The van der Waals surface area contributed by atoms with Crippen LogP contribution in [0, 0.1) is 0 Å². The Hall–Kier alpha value is -0.920. The van der Waals surface area contributed by atoms with Gasteiger partial charge in [0.05, 0.1) is 11.1 Å². The van der Waals surface area contributed by atoms with E-state index in [2.05, 4.69) is 10.8 Å². The molecule has 1 atom stereocenters. The van der Waals surface area contributed by atoms with Crippen LogP contribution in [0.4, 0.5) is 0 Å². The first-order chi connectivity index (χ1) is 9.94. The van der Waals surface area contributed by atoms with E-state index in [9.17, 15) is 13.2 Å². The summed E-state index contributed by atoms with van der Waals surface area (Å²) in [5, 5.41) is 1.98. The molecule has 0 spiro atoms. The minimum absolute atomic E-state index is 0.0619. The molecule has 1 saturated carbocycles. The summed E-state index contributed by atoms with van der Waals surface area (Å²) in [5.74, 6) is 0.622. The number of amides is 1. The fourth-order valence-electron chi connectivity index (χ4n) is 2.91. The minimum Gasteiger partial charge on any atom is -0.336 e. The number of hydrogen-bond donors (Lipinski definition) is 1. The van der Waals surface area contributed by atoms with Crippen LogP contribution in [0.2, 0.25) is 0 Å². The monoisotopic (exact) mass is 328 g/mol. The highest BCUT2D eigenvalue weighted by molar-refractivity contribution is 7.88. The van der Waals surface area contributed by atoms with Gasteiger partial charge in [0.2, 0.25) is 10.0 Å². The molecule has 1 N–H and O–H groups in total. The fraction of sp³-hybridized carbons (Fsp3) is 0.643. The average Bonchev–Trinajstić information content (AvgIpc) is 3.14. The van der Waals surface area contributed by atoms with Crippen LogP contribution < -0.4 is 4.72 Å². The number of carbonyl (C=O) groups is 1. The highest BCUT2D eigenvalue weighted by Gasteiger charge is 2.32. The summed E-state index contributed by atoms with van der Waals surface area (Å²) in [6, 6.07) is 1.90. The quantitative estimate of drug-likeness (QED) is 0.916. The minimum atomic E-state index is -3.22. The summed E-state index contributed by atoms with van der Waals surface area (Å²) in [6.45, 7) is 1.18. The largest absolute Gasteiger partial charge is 0.336 e. The number of nitrogens with zero attached hydrogens (tertiary/aromatic N) is 1. The van der Waals surface area contributed by atoms with Gasteiger partial charge in [-0.2, -0.15) is 0 Å². The second-order valence-corrected chi connectivity index (χ2v) is 8.66. The van der Waals surface area contributed by atoms with E-state index in [0.29, 0.717) is 19.0 Å². The van der Waals surface area contributed by atoms with Gasteiger partial charge in [-0.25, -0.2) is 13.1 Å². The van der Waals surface area contributed by atoms with Crippen LogP contribution in [-0.2, 0) is 10.0 Å². The molecule has 2 aliphatic rings. The van der Waals surface area contributed by atoms with Crippen molar-refractivity contribution in [1.29, 1.82) is 0 Å². The molecule has 1 aromatic rings. The third-order valence-electron chi connectivity index (χ3n) is 4.00. The van der Waals surface area contributed by atoms with Gasteiger partial charge in [-0.1, -0.05) is 0 Å². The standard InChI is InChI=1S/C14H20N2O3S2/c1-21(18,19)15-11-3-2-7-16(9-11)14(17)13-12(6-8-20-13)10-4-5-10/h6,8,10-11,15H,2-5,7,9H2,1H3/t11-/m1/s1. The third kappa shape index (κ3) is 3.64. The van der Waals surface area contributed by atoms with Crippen molar-refractivity contribution in [2.75, 3.05) is 19.3 Å². The Kier molecular flexibility index (Phi) is 4.07. The summed E-state index contributed by atoms with van der Waals surface area (Å²) < 4.78 is 25.3. The smallest absolute Gasteiger partial charge is 0.264 e. The van der Waals surface area contributed by atoms with Gasteiger partial charge in [-0.15, -0.1) is 11.3 Å². The number of likely N-dealkylation sites (tertiary alicyclic amines) is 1. The molecule has 1 saturated heterocycles. The topological polar surface area (TPSA) is 66.5 Å². The van der Waals surface area contributed by atoms with E-state index in [-0.39, 0.29) is 11.9 Å². The van der Waals surface area contributed by atoms with Gasteiger partial charge in [-0.3, -0.25) is 4.79 Å². The van der Waals surface area contributed by atoms with Crippen LogP contribution >= 0.6 is 11.3 Å². The van der Waals surface area contributed by atoms with E-state index in [0.717, 1.165) is 24.0 Å². The molecule has 21 heavy (non-hydrogen) atoms. The highest BCUT2D eigenvalue weighted by Crippen LogP contribution is 2.43.